The first-order chi connectivity index (χ1) is 7.38. The second kappa shape index (κ2) is 7.19. The maximum absolute atomic E-state index is 11.5. The fourth-order valence-electron chi connectivity index (χ4n) is 1.25. The summed E-state index contributed by atoms with van der Waals surface area (Å²) in [7, 11) is 3.39. The zero-order valence-corrected chi connectivity index (χ0v) is 10.3. The van der Waals surface area contributed by atoms with Gasteiger partial charge in [-0.15, -0.1) is 0 Å². The molecule has 0 aromatic rings. The third-order valence-corrected chi connectivity index (χ3v) is 2.22. The fourth-order valence-corrected chi connectivity index (χ4v) is 1.25. The zero-order valence-electron chi connectivity index (χ0n) is 10.3. The van der Waals surface area contributed by atoms with Crippen molar-refractivity contribution in [2.45, 2.75) is 19.4 Å². The molecule has 0 fully saturated rings. The molecular formula is C10H22N4O2. The van der Waals surface area contributed by atoms with E-state index >= 15 is 0 Å². The van der Waals surface area contributed by atoms with E-state index in [0.29, 0.717) is 6.54 Å². The van der Waals surface area contributed by atoms with Crippen molar-refractivity contribution in [2.75, 3.05) is 33.7 Å². The van der Waals surface area contributed by atoms with Crippen LogP contribution in [0.2, 0.25) is 0 Å². The average Bonchev–Trinajstić information content (AvgIpc) is 2.17. The number of hydrogen-bond donors (Lipinski definition) is 2. The Morgan fingerprint density at radius 3 is 2.25 bits per heavy atom. The lowest BCUT2D eigenvalue weighted by molar-refractivity contribution is -0.130. The van der Waals surface area contributed by atoms with Gasteiger partial charge in [0.15, 0.2) is 0 Å². The topological polar surface area (TPSA) is 92.7 Å². The largest absolute Gasteiger partial charge is 0.368 e. The Morgan fingerprint density at radius 1 is 1.31 bits per heavy atom. The van der Waals surface area contributed by atoms with Crippen LogP contribution >= 0.6 is 0 Å². The Morgan fingerprint density at radius 2 is 1.88 bits per heavy atom. The standard InChI is InChI=1S/C10H22N4O2/c1-4-5-14(6-8(11)10(12)16)7-9(15)13(2)3/h8H,4-7,11H2,1-3H3,(H2,12,16). The predicted molar refractivity (Wildman–Crippen MR) is 62.6 cm³/mol. The number of nitrogens with zero attached hydrogens (tertiary/aromatic N) is 2. The van der Waals surface area contributed by atoms with Crippen molar-refractivity contribution in [2.24, 2.45) is 11.5 Å². The second-order valence-electron chi connectivity index (χ2n) is 4.03. The number of hydrogen-bond acceptors (Lipinski definition) is 4. The van der Waals surface area contributed by atoms with Crippen LogP contribution in [0.1, 0.15) is 13.3 Å². The highest BCUT2D eigenvalue weighted by Gasteiger charge is 2.17. The molecule has 0 heterocycles. The molecule has 0 bridgehead atoms. The first kappa shape index (κ1) is 14.9. The molecule has 6 nitrogen and oxygen atoms in total. The Hall–Kier alpha value is -1.14. The van der Waals surface area contributed by atoms with Crippen molar-refractivity contribution in [3.63, 3.8) is 0 Å². The van der Waals surface area contributed by atoms with Crippen LogP contribution in [0.4, 0.5) is 0 Å². The molecule has 0 saturated carbocycles. The molecule has 0 radical (unpaired) electrons. The van der Waals surface area contributed by atoms with E-state index in [1.54, 1.807) is 14.1 Å². The van der Waals surface area contributed by atoms with Crippen LogP contribution in [0.25, 0.3) is 0 Å². The van der Waals surface area contributed by atoms with Crippen molar-refractivity contribution in [1.29, 1.82) is 0 Å². The summed E-state index contributed by atoms with van der Waals surface area (Å²) in [5, 5.41) is 0. The highest BCUT2D eigenvalue weighted by molar-refractivity contribution is 5.80. The lowest BCUT2D eigenvalue weighted by Gasteiger charge is -2.24. The van der Waals surface area contributed by atoms with E-state index in [-0.39, 0.29) is 12.5 Å². The summed E-state index contributed by atoms with van der Waals surface area (Å²) in [5.41, 5.74) is 10.6. The summed E-state index contributed by atoms with van der Waals surface area (Å²) in [6.07, 6.45) is 0.895. The van der Waals surface area contributed by atoms with Gasteiger partial charge in [0, 0.05) is 20.6 Å². The summed E-state index contributed by atoms with van der Waals surface area (Å²) >= 11 is 0. The minimum atomic E-state index is -0.721. The SMILES string of the molecule is CCCN(CC(=O)N(C)C)CC(N)C(N)=O. The summed E-state index contributed by atoms with van der Waals surface area (Å²) in [4.78, 5) is 25.7. The van der Waals surface area contributed by atoms with E-state index in [0.717, 1.165) is 13.0 Å². The minimum absolute atomic E-state index is 0.00915. The highest BCUT2D eigenvalue weighted by Crippen LogP contribution is 1.95. The van der Waals surface area contributed by atoms with Crippen molar-refractivity contribution >= 4 is 11.8 Å². The molecule has 2 amide bonds. The van der Waals surface area contributed by atoms with Crippen LogP contribution < -0.4 is 11.5 Å². The maximum atomic E-state index is 11.5. The molecule has 0 aliphatic carbocycles. The van der Waals surface area contributed by atoms with Crippen molar-refractivity contribution in [3.05, 3.63) is 0 Å². The van der Waals surface area contributed by atoms with Crippen LogP contribution in [0.15, 0.2) is 0 Å². The number of primary amides is 1. The van der Waals surface area contributed by atoms with Gasteiger partial charge in [0.05, 0.1) is 12.6 Å². The first-order valence-corrected chi connectivity index (χ1v) is 5.35. The molecular weight excluding hydrogens is 208 g/mol. The van der Waals surface area contributed by atoms with E-state index < -0.39 is 11.9 Å². The number of carbonyl (C=O) groups is 2. The third-order valence-electron chi connectivity index (χ3n) is 2.22. The van der Waals surface area contributed by atoms with Gasteiger partial charge in [0.2, 0.25) is 11.8 Å². The van der Waals surface area contributed by atoms with Gasteiger partial charge in [0.25, 0.3) is 0 Å². The van der Waals surface area contributed by atoms with Crippen molar-refractivity contribution in [3.8, 4) is 0 Å². The summed E-state index contributed by atoms with van der Waals surface area (Å²) in [6.45, 7) is 3.31. The molecule has 94 valence electrons. The van der Waals surface area contributed by atoms with E-state index in [1.165, 1.54) is 4.90 Å². The number of carbonyl (C=O) groups excluding carboxylic acids is 2. The number of rotatable bonds is 7. The minimum Gasteiger partial charge on any atom is -0.368 e. The van der Waals surface area contributed by atoms with Gasteiger partial charge in [-0.2, -0.15) is 0 Å². The average molecular weight is 230 g/mol. The van der Waals surface area contributed by atoms with Gasteiger partial charge < -0.3 is 16.4 Å². The monoisotopic (exact) mass is 230 g/mol. The summed E-state index contributed by atoms with van der Waals surface area (Å²) < 4.78 is 0. The van der Waals surface area contributed by atoms with Gasteiger partial charge in [-0.1, -0.05) is 6.92 Å². The molecule has 4 N–H and O–H groups in total. The van der Waals surface area contributed by atoms with Gasteiger partial charge >= 0.3 is 0 Å². The normalized spacial score (nSPS) is 12.6. The Bertz CT molecular complexity index is 243. The zero-order chi connectivity index (χ0) is 12.7. The molecule has 0 aliphatic heterocycles. The Balaban J connectivity index is 4.27. The van der Waals surface area contributed by atoms with Gasteiger partial charge in [-0.25, -0.2) is 0 Å². The van der Waals surface area contributed by atoms with Crippen molar-refractivity contribution < 1.29 is 9.59 Å². The molecule has 16 heavy (non-hydrogen) atoms. The van der Waals surface area contributed by atoms with E-state index in [4.69, 9.17) is 11.5 Å². The van der Waals surface area contributed by atoms with E-state index in [9.17, 15) is 9.59 Å². The number of likely N-dealkylation sites (N-methyl/N-ethyl adjacent to an activating group) is 1. The van der Waals surface area contributed by atoms with Gasteiger partial charge in [0.1, 0.15) is 0 Å². The summed E-state index contributed by atoms with van der Waals surface area (Å²) in [6, 6.07) is -0.721. The highest BCUT2D eigenvalue weighted by atomic mass is 16.2. The van der Waals surface area contributed by atoms with Gasteiger partial charge in [-0.05, 0) is 13.0 Å². The second-order valence-corrected chi connectivity index (χ2v) is 4.03. The summed E-state index contributed by atoms with van der Waals surface area (Å²) in [5.74, 6) is -0.552. The Kier molecular flexibility index (Phi) is 6.67. The lowest BCUT2D eigenvalue weighted by Crippen LogP contribution is -2.48. The van der Waals surface area contributed by atoms with E-state index in [2.05, 4.69) is 0 Å². The van der Waals surface area contributed by atoms with Crippen LogP contribution in [0.5, 0.6) is 0 Å². The maximum Gasteiger partial charge on any atom is 0.236 e. The van der Waals surface area contributed by atoms with Crippen LogP contribution in [0, 0.1) is 0 Å². The molecule has 6 heteroatoms. The third kappa shape index (κ3) is 5.67. The molecule has 0 aliphatic rings. The fraction of sp³-hybridized carbons (Fsp3) is 0.800. The molecule has 0 saturated heterocycles. The molecule has 0 aromatic carbocycles. The molecule has 1 atom stereocenters. The number of nitrogens with two attached hydrogens (primary N) is 2. The quantitative estimate of drug-likeness (QED) is 0.562. The number of amides is 2. The smallest absolute Gasteiger partial charge is 0.236 e. The van der Waals surface area contributed by atoms with Crippen LogP contribution in [-0.4, -0.2) is 61.4 Å². The Labute approximate surface area is 96.5 Å². The van der Waals surface area contributed by atoms with Crippen LogP contribution in [-0.2, 0) is 9.59 Å². The van der Waals surface area contributed by atoms with Crippen molar-refractivity contribution in [1.82, 2.24) is 9.80 Å². The molecule has 0 spiro atoms. The lowest BCUT2D eigenvalue weighted by atomic mass is 10.2. The molecule has 0 aromatic heterocycles. The first-order valence-electron chi connectivity index (χ1n) is 5.35. The molecule has 1 unspecified atom stereocenters. The molecule has 0 rings (SSSR count). The van der Waals surface area contributed by atoms with Crippen LogP contribution in [0.3, 0.4) is 0 Å². The van der Waals surface area contributed by atoms with E-state index in [1.807, 2.05) is 11.8 Å². The van der Waals surface area contributed by atoms with Gasteiger partial charge in [-0.3, -0.25) is 14.5 Å². The predicted octanol–water partition coefficient (Wildman–Crippen LogP) is -1.40.